The van der Waals surface area contributed by atoms with E-state index in [0.29, 0.717) is 17.4 Å². The largest absolute Gasteiger partial charge is 0.329 e. The minimum absolute atomic E-state index is 0.0420. The Balaban J connectivity index is 2.22. The van der Waals surface area contributed by atoms with E-state index >= 15 is 0 Å². The predicted molar refractivity (Wildman–Crippen MR) is 70.0 cm³/mol. The molecular formula is C13H15N3O2. The Labute approximate surface area is 103 Å². The van der Waals surface area contributed by atoms with Crippen molar-refractivity contribution in [2.24, 2.45) is 0 Å². The van der Waals surface area contributed by atoms with Crippen LogP contribution in [-0.4, -0.2) is 22.6 Å². The summed E-state index contributed by atoms with van der Waals surface area (Å²) in [5.41, 5.74) is 0.1000. The third kappa shape index (κ3) is 1.76. The van der Waals surface area contributed by atoms with Crippen molar-refractivity contribution in [3.63, 3.8) is 0 Å². The van der Waals surface area contributed by atoms with E-state index in [-0.39, 0.29) is 17.3 Å². The van der Waals surface area contributed by atoms with Crippen LogP contribution < -0.4 is 16.6 Å². The van der Waals surface area contributed by atoms with Gasteiger partial charge in [0.05, 0.1) is 16.9 Å². The van der Waals surface area contributed by atoms with Crippen LogP contribution in [0.25, 0.3) is 10.9 Å². The van der Waals surface area contributed by atoms with Crippen LogP contribution in [-0.2, 0) is 0 Å². The second-order valence-electron chi connectivity index (χ2n) is 4.65. The quantitative estimate of drug-likeness (QED) is 0.773. The third-order valence-electron chi connectivity index (χ3n) is 3.47. The highest BCUT2D eigenvalue weighted by atomic mass is 16.2. The molecule has 0 amide bonds. The summed E-state index contributed by atoms with van der Waals surface area (Å²) in [6.45, 7) is 1.64. The molecule has 0 spiro atoms. The number of benzene rings is 1. The lowest BCUT2D eigenvalue weighted by Gasteiger charge is -2.24. The zero-order valence-corrected chi connectivity index (χ0v) is 9.98. The van der Waals surface area contributed by atoms with Crippen LogP contribution in [0.15, 0.2) is 33.9 Å². The topological polar surface area (TPSA) is 66.9 Å². The fourth-order valence-electron chi connectivity index (χ4n) is 2.56. The lowest BCUT2D eigenvalue weighted by Crippen LogP contribution is -2.43. The van der Waals surface area contributed by atoms with E-state index < -0.39 is 0 Å². The van der Waals surface area contributed by atoms with Crippen molar-refractivity contribution < 1.29 is 0 Å². The number of rotatable bonds is 1. The molecule has 1 aromatic heterocycles. The maximum atomic E-state index is 12.4. The molecule has 1 atom stereocenters. The van der Waals surface area contributed by atoms with Gasteiger partial charge in [0.2, 0.25) is 0 Å². The Morgan fingerprint density at radius 3 is 2.83 bits per heavy atom. The van der Waals surface area contributed by atoms with E-state index in [4.69, 9.17) is 0 Å². The van der Waals surface area contributed by atoms with E-state index in [0.717, 1.165) is 19.4 Å². The highest BCUT2D eigenvalue weighted by molar-refractivity contribution is 5.76. The molecule has 1 aliphatic heterocycles. The minimum Gasteiger partial charge on any atom is -0.315 e. The molecule has 1 saturated heterocycles. The van der Waals surface area contributed by atoms with Crippen LogP contribution in [0.1, 0.15) is 18.9 Å². The highest BCUT2D eigenvalue weighted by Gasteiger charge is 2.19. The first kappa shape index (κ1) is 11.2. The van der Waals surface area contributed by atoms with Crippen molar-refractivity contribution >= 4 is 10.9 Å². The molecule has 0 aliphatic carbocycles. The Bertz CT molecular complexity index is 680. The number of hydrogen-bond donors (Lipinski definition) is 2. The van der Waals surface area contributed by atoms with Gasteiger partial charge >= 0.3 is 5.69 Å². The predicted octanol–water partition coefficient (Wildman–Crippen LogP) is 0.614. The standard InChI is InChI=1S/C13H15N3O2/c17-12-10-5-1-2-6-11(10)15-13(18)16(12)9-4-3-7-14-8-9/h1-2,5-6,9,14H,3-4,7-8H2,(H,15,18). The van der Waals surface area contributed by atoms with E-state index in [9.17, 15) is 9.59 Å². The first-order valence-corrected chi connectivity index (χ1v) is 6.21. The molecule has 1 unspecified atom stereocenters. The lowest BCUT2D eigenvalue weighted by molar-refractivity contribution is 0.355. The summed E-state index contributed by atoms with van der Waals surface area (Å²) in [5, 5.41) is 3.80. The molecule has 18 heavy (non-hydrogen) atoms. The molecule has 1 aromatic carbocycles. The van der Waals surface area contributed by atoms with Gasteiger partial charge in [0, 0.05) is 6.54 Å². The van der Waals surface area contributed by atoms with Crippen molar-refractivity contribution in [2.45, 2.75) is 18.9 Å². The SMILES string of the molecule is O=c1[nH]c2ccccc2c(=O)n1C1CCCNC1. The van der Waals surface area contributed by atoms with Crippen LogP contribution in [0.4, 0.5) is 0 Å². The van der Waals surface area contributed by atoms with Gasteiger partial charge in [-0.15, -0.1) is 0 Å². The van der Waals surface area contributed by atoms with Crippen molar-refractivity contribution in [3.05, 3.63) is 45.1 Å². The summed E-state index contributed by atoms with van der Waals surface area (Å²) in [4.78, 5) is 27.2. The molecule has 2 aromatic rings. The Hall–Kier alpha value is -1.88. The zero-order chi connectivity index (χ0) is 12.5. The lowest BCUT2D eigenvalue weighted by atomic mass is 10.1. The van der Waals surface area contributed by atoms with Crippen LogP contribution in [0.3, 0.4) is 0 Å². The first-order valence-electron chi connectivity index (χ1n) is 6.21. The van der Waals surface area contributed by atoms with Gasteiger partial charge in [0.15, 0.2) is 0 Å². The number of aromatic amines is 1. The zero-order valence-electron chi connectivity index (χ0n) is 9.98. The van der Waals surface area contributed by atoms with Gasteiger partial charge < -0.3 is 10.3 Å². The average Bonchev–Trinajstić information content (AvgIpc) is 2.40. The number of H-pyrrole nitrogens is 1. The number of hydrogen-bond acceptors (Lipinski definition) is 3. The molecule has 0 saturated carbocycles. The number of aromatic nitrogens is 2. The van der Waals surface area contributed by atoms with Crippen molar-refractivity contribution in [3.8, 4) is 0 Å². The summed E-state index contributed by atoms with van der Waals surface area (Å²) < 4.78 is 1.36. The number of nitrogens with zero attached hydrogens (tertiary/aromatic N) is 1. The normalized spacial score (nSPS) is 20.1. The van der Waals surface area contributed by atoms with Gasteiger partial charge in [0.25, 0.3) is 5.56 Å². The van der Waals surface area contributed by atoms with E-state index in [1.807, 2.05) is 12.1 Å². The summed E-state index contributed by atoms with van der Waals surface area (Å²) in [5.74, 6) is 0. The Morgan fingerprint density at radius 2 is 2.06 bits per heavy atom. The van der Waals surface area contributed by atoms with Gasteiger partial charge in [-0.05, 0) is 31.5 Å². The molecular weight excluding hydrogens is 230 g/mol. The van der Waals surface area contributed by atoms with Gasteiger partial charge in [0.1, 0.15) is 0 Å². The molecule has 2 N–H and O–H groups in total. The number of fused-ring (bicyclic) bond motifs is 1. The molecule has 94 valence electrons. The maximum Gasteiger partial charge on any atom is 0.329 e. The molecule has 3 rings (SSSR count). The fourth-order valence-corrected chi connectivity index (χ4v) is 2.56. The van der Waals surface area contributed by atoms with Crippen LogP contribution in [0.5, 0.6) is 0 Å². The first-order chi connectivity index (χ1) is 8.77. The van der Waals surface area contributed by atoms with Gasteiger partial charge in [-0.3, -0.25) is 9.36 Å². The maximum absolute atomic E-state index is 12.4. The number of piperidine rings is 1. The average molecular weight is 245 g/mol. The highest BCUT2D eigenvalue weighted by Crippen LogP contribution is 2.13. The Morgan fingerprint density at radius 1 is 1.22 bits per heavy atom. The summed E-state index contributed by atoms with van der Waals surface area (Å²) >= 11 is 0. The van der Waals surface area contributed by atoms with Crippen LogP contribution in [0, 0.1) is 0 Å². The number of para-hydroxylation sites is 1. The minimum atomic E-state index is -0.313. The molecule has 5 nitrogen and oxygen atoms in total. The van der Waals surface area contributed by atoms with Crippen molar-refractivity contribution in [1.82, 2.24) is 14.9 Å². The van der Waals surface area contributed by atoms with Crippen LogP contribution in [0.2, 0.25) is 0 Å². The second kappa shape index (κ2) is 4.42. The van der Waals surface area contributed by atoms with E-state index in [2.05, 4.69) is 10.3 Å². The number of nitrogens with one attached hydrogen (secondary N) is 2. The van der Waals surface area contributed by atoms with E-state index in [1.54, 1.807) is 12.1 Å². The second-order valence-corrected chi connectivity index (χ2v) is 4.65. The summed E-state index contributed by atoms with van der Waals surface area (Å²) in [7, 11) is 0. The van der Waals surface area contributed by atoms with Crippen molar-refractivity contribution in [2.75, 3.05) is 13.1 Å². The van der Waals surface area contributed by atoms with Gasteiger partial charge in [-0.2, -0.15) is 0 Å². The van der Waals surface area contributed by atoms with Gasteiger partial charge in [-0.1, -0.05) is 12.1 Å². The molecule has 5 heteroatoms. The molecule has 1 fully saturated rings. The van der Waals surface area contributed by atoms with Gasteiger partial charge in [-0.25, -0.2) is 4.79 Å². The molecule has 2 heterocycles. The monoisotopic (exact) mass is 245 g/mol. The molecule has 0 radical (unpaired) electrons. The molecule has 0 bridgehead atoms. The summed E-state index contributed by atoms with van der Waals surface area (Å²) in [6.07, 6.45) is 1.86. The smallest absolute Gasteiger partial charge is 0.315 e. The van der Waals surface area contributed by atoms with E-state index in [1.165, 1.54) is 4.57 Å². The third-order valence-corrected chi connectivity index (χ3v) is 3.47. The molecule has 1 aliphatic rings. The fraction of sp³-hybridized carbons (Fsp3) is 0.385. The summed E-state index contributed by atoms with van der Waals surface area (Å²) in [6, 6.07) is 7.08. The van der Waals surface area contributed by atoms with Crippen LogP contribution >= 0.6 is 0 Å². The Kier molecular flexibility index (Phi) is 2.76. The van der Waals surface area contributed by atoms with Crippen molar-refractivity contribution in [1.29, 1.82) is 0 Å².